The maximum Gasteiger partial charge on any atom is 0.137 e. The molecule has 0 saturated heterocycles. The van der Waals surface area contributed by atoms with Gasteiger partial charge >= 0.3 is 0 Å². The Morgan fingerprint density at radius 1 is 1.36 bits per heavy atom. The van der Waals surface area contributed by atoms with Crippen LogP contribution in [0.3, 0.4) is 0 Å². The van der Waals surface area contributed by atoms with Crippen LogP contribution in [-0.2, 0) is 0 Å². The van der Waals surface area contributed by atoms with E-state index in [1.165, 1.54) is 0 Å². The standard InChI is InChI=1S/C11H18N2O/c1-3-13(4-2)8-9-14-11-6-5-7-12-10-11/h5-7,10H,3-4,8-9H2,1-2H3. The van der Waals surface area contributed by atoms with Crippen LogP contribution in [0.2, 0.25) is 0 Å². The molecule has 0 spiro atoms. The van der Waals surface area contributed by atoms with E-state index in [1.54, 1.807) is 12.4 Å². The molecule has 0 saturated carbocycles. The molecule has 0 aromatic carbocycles. The second-order valence-corrected chi connectivity index (χ2v) is 3.06. The van der Waals surface area contributed by atoms with Crippen LogP contribution in [0.25, 0.3) is 0 Å². The highest BCUT2D eigenvalue weighted by molar-refractivity contribution is 5.15. The van der Waals surface area contributed by atoms with E-state index < -0.39 is 0 Å². The SMILES string of the molecule is CCN(CC)CCOc1cccnc1. The minimum Gasteiger partial charge on any atom is -0.491 e. The van der Waals surface area contributed by atoms with Gasteiger partial charge in [-0.05, 0) is 25.2 Å². The Labute approximate surface area is 85.7 Å². The summed E-state index contributed by atoms with van der Waals surface area (Å²) in [6.07, 6.45) is 3.49. The Morgan fingerprint density at radius 2 is 2.14 bits per heavy atom. The molecule has 0 aliphatic rings. The molecule has 78 valence electrons. The van der Waals surface area contributed by atoms with E-state index in [4.69, 9.17) is 4.74 Å². The fraction of sp³-hybridized carbons (Fsp3) is 0.545. The fourth-order valence-electron chi connectivity index (χ4n) is 1.26. The summed E-state index contributed by atoms with van der Waals surface area (Å²) >= 11 is 0. The Hall–Kier alpha value is -1.09. The zero-order valence-corrected chi connectivity index (χ0v) is 8.94. The fourth-order valence-corrected chi connectivity index (χ4v) is 1.26. The Morgan fingerprint density at radius 3 is 2.71 bits per heavy atom. The maximum absolute atomic E-state index is 5.54. The second-order valence-electron chi connectivity index (χ2n) is 3.06. The van der Waals surface area contributed by atoms with Crippen molar-refractivity contribution in [2.75, 3.05) is 26.2 Å². The van der Waals surface area contributed by atoms with Gasteiger partial charge in [0, 0.05) is 12.7 Å². The van der Waals surface area contributed by atoms with Crippen molar-refractivity contribution in [3.63, 3.8) is 0 Å². The third-order valence-electron chi connectivity index (χ3n) is 2.21. The van der Waals surface area contributed by atoms with Gasteiger partial charge in [-0.1, -0.05) is 13.8 Å². The van der Waals surface area contributed by atoms with Gasteiger partial charge < -0.3 is 9.64 Å². The highest BCUT2D eigenvalue weighted by atomic mass is 16.5. The molecule has 3 nitrogen and oxygen atoms in total. The molecule has 0 aliphatic heterocycles. The molecular formula is C11H18N2O. The van der Waals surface area contributed by atoms with E-state index in [-0.39, 0.29) is 0 Å². The van der Waals surface area contributed by atoms with Crippen molar-refractivity contribution in [2.24, 2.45) is 0 Å². The Balaban J connectivity index is 2.21. The maximum atomic E-state index is 5.54. The molecule has 1 rings (SSSR count). The minimum absolute atomic E-state index is 0.730. The largest absolute Gasteiger partial charge is 0.491 e. The molecule has 0 fully saturated rings. The number of nitrogens with zero attached hydrogens (tertiary/aromatic N) is 2. The molecule has 14 heavy (non-hydrogen) atoms. The average Bonchev–Trinajstić information content (AvgIpc) is 2.26. The lowest BCUT2D eigenvalue weighted by Gasteiger charge is -2.17. The van der Waals surface area contributed by atoms with Gasteiger partial charge in [0.2, 0.25) is 0 Å². The van der Waals surface area contributed by atoms with Crippen LogP contribution in [0, 0.1) is 0 Å². The zero-order chi connectivity index (χ0) is 10.2. The first-order valence-corrected chi connectivity index (χ1v) is 5.12. The quantitative estimate of drug-likeness (QED) is 0.690. The average molecular weight is 194 g/mol. The molecule has 0 amide bonds. The second kappa shape index (κ2) is 6.38. The van der Waals surface area contributed by atoms with Crippen LogP contribution in [-0.4, -0.2) is 36.1 Å². The number of rotatable bonds is 6. The van der Waals surface area contributed by atoms with E-state index in [2.05, 4.69) is 23.7 Å². The first-order chi connectivity index (χ1) is 6.86. The van der Waals surface area contributed by atoms with Crippen LogP contribution in [0.15, 0.2) is 24.5 Å². The van der Waals surface area contributed by atoms with Gasteiger partial charge in [0.1, 0.15) is 12.4 Å². The lowest BCUT2D eigenvalue weighted by atomic mass is 10.4. The van der Waals surface area contributed by atoms with Crippen LogP contribution in [0.5, 0.6) is 5.75 Å². The highest BCUT2D eigenvalue weighted by Gasteiger charge is 1.98. The number of hydrogen-bond acceptors (Lipinski definition) is 3. The lowest BCUT2D eigenvalue weighted by Crippen LogP contribution is -2.27. The van der Waals surface area contributed by atoms with Gasteiger partial charge in [-0.3, -0.25) is 4.98 Å². The summed E-state index contributed by atoms with van der Waals surface area (Å²) in [5.74, 6) is 0.847. The van der Waals surface area contributed by atoms with Crippen molar-refractivity contribution in [3.05, 3.63) is 24.5 Å². The molecule has 0 N–H and O–H groups in total. The predicted molar refractivity (Wildman–Crippen MR) is 57.5 cm³/mol. The first kappa shape index (κ1) is 11.0. The van der Waals surface area contributed by atoms with Crippen molar-refractivity contribution in [3.8, 4) is 5.75 Å². The molecule has 1 aromatic rings. The van der Waals surface area contributed by atoms with Crippen molar-refractivity contribution >= 4 is 0 Å². The van der Waals surface area contributed by atoms with Crippen molar-refractivity contribution < 1.29 is 4.74 Å². The molecule has 1 heterocycles. The monoisotopic (exact) mass is 194 g/mol. The molecule has 3 heteroatoms. The van der Waals surface area contributed by atoms with Gasteiger partial charge in [0.05, 0.1) is 6.20 Å². The van der Waals surface area contributed by atoms with Gasteiger partial charge in [-0.15, -0.1) is 0 Å². The van der Waals surface area contributed by atoms with Crippen LogP contribution < -0.4 is 4.74 Å². The molecule has 0 aliphatic carbocycles. The summed E-state index contributed by atoms with van der Waals surface area (Å²) in [6, 6.07) is 3.81. The molecule has 0 radical (unpaired) electrons. The third-order valence-corrected chi connectivity index (χ3v) is 2.21. The number of hydrogen-bond donors (Lipinski definition) is 0. The zero-order valence-electron chi connectivity index (χ0n) is 8.94. The summed E-state index contributed by atoms with van der Waals surface area (Å²) in [5.41, 5.74) is 0. The van der Waals surface area contributed by atoms with E-state index in [9.17, 15) is 0 Å². The Bertz CT molecular complexity index is 234. The topological polar surface area (TPSA) is 25.4 Å². The number of aromatic nitrogens is 1. The lowest BCUT2D eigenvalue weighted by molar-refractivity contribution is 0.222. The summed E-state index contributed by atoms with van der Waals surface area (Å²) < 4.78 is 5.54. The molecule has 0 atom stereocenters. The predicted octanol–water partition coefficient (Wildman–Crippen LogP) is 1.80. The van der Waals surface area contributed by atoms with E-state index in [0.29, 0.717) is 0 Å². The van der Waals surface area contributed by atoms with Crippen molar-refractivity contribution in [2.45, 2.75) is 13.8 Å². The summed E-state index contributed by atoms with van der Waals surface area (Å²) in [7, 11) is 0. The van der Waals surface area contributed by atoms with Crippen LogP contribution in [0.4, 0.5) is 0 Å². The summed E-state index contributed by atoms with van der Waals surface area (Å²) in [6.45, 7) is 8.18. The molecule has 1 aromatic heterocycles. The van der Waals surface area contributed by atoms with Gasteiger partial charge in [0.25, 0.3) is 0 Å². The summed E-state index contributed by atoms with van der Waals surface area (Å²) in [5, 5.41) is 0. The minimum atomic E-state index is 0.730. The molecule has 0 unspecified atom stereocenters. The summed E-state index contributed by atoms with van der Waals surface area (Å²) in [4.78, 5) is 6.31. The van der Waals surface area contributed by atoms with Gasteiger partial charge in [-0.25, -0.2) is 0 Å². The molecular weight excluding hydrogens is 176 g/mol. The van der Waals surface area contributed by atoms with E-state index >= 15 is 0 Å². The first-order valence-electron chi connectivity index (χ1n) is 5.12. The normalized spacial score (nSPS) is 10.5. The van der Waals surface area contributed by atoms with Gasteiger partial charge in [-0.2, -0.15) is 0 Å². The van der Waals surface area contributed by atoms with Crippen molar-refractivity contribution in [1.29, 1.82) is 0 Å². The van der Waals surface area contributed by atoms with E-state index in [1.807, 2.05) is 12.1 Å². The van der Waals surface area contributed by atoms with Crippen molar-refractivity contribution in [1.82, 2.24) is 9.88 Å². The number of ether oxygens (including phenoxy) is 1. The van der Waals surface area contributed by atoms with Crippen LogP contribution in [0.1, 0.15) is 13.8 Å². The highest BCUT2D eigenvalue weighted by Crippen LogP contribution is 2.05. The molecule has 0 bridgehead atoms. The van der Waals surface area contributed by atoms with E-state index in [0.717, 1.165) is 32.0 Å². The smallest absolute Gasteiger partial charge is 0.137 e. The Kier molecular flexibility index (Phi) is 5.00. The number of pyridine rings is 1. The van der Waals surface area contributed by atoms with Gasteiger partial charge in [0.15, 0.2) is 0 Å². The number of likely N-dealkylation sites (N-methyl/N-ethyl adjacent to an activating group) is 1. The van der Waals surface area contributed by atoms with Crippen LogP contribution >= 0.6 is 0 Å². The third kappa shape index (κ3) is 3.75.